The standard InChI is InChI=1S/C17H26N2O/c1-18-12-5-10-17(20)19-13-6-9-16(11-14-19)15-7-3-2-4-8-15/h2-4,7-8,16,18H,5-6,9-14H2,1H3. The van der Waals surface area contributed by atoms with E-state index in [1.54, 1.807) is 0 Å². The first-order valence-corrected chi connectivity index (χ1v) is 7.78. The molecule has 0 bridgehead atoms. The molecule has 1 aliphatic heterocycles. The number of rotatable bonds is 5. The fourth-order valence-corrected chi connectivity index (χ4v) is 2.98. The molecular formula is C17H26N2O. The van der Waals surface area contributed by atoms with Crippen LogP contribution in [0, 0.1) is 0 Å². The number of hydrogen-bond acceptors (Lipinski definition) is 2. The summed E-state index contributed by atoms with van der Waals surface area (Å²) in [5.41, 5.74) is 1.43. The van der Waals surface area contributed by atoms with Crippen molar-refractivity contribution in [1.29, 1.82) is 0 Å². The monoisotopic (exact) mass is 274 g/mol. The summed E-state index contributed by atoms with van der Waals surface area (Å²) < 4.78 is 0. The molecule has 1 saturated heterocycles. The first kappa shape index (κ1) is 15.0. The van der Waals surface area contributed by atoms with Gasteiger partial charge >= 0.3 is 0 Å². The molecule has 110 valence electrons. The maximum absolute atomic E-state index is 12.2. The van der Waals surface area contributed by atoms with Crippen LogP contribution in [0.15, 0.2) is 30.3 Å². The van der Waals surface area contributed by atoms with E-state index in [-0.39, 0.29) is 0 Å². The number of likely N-dealkylation sites (tertiary alicyclic amines) is 1. The SMILES string of the molecule is CNCCCC(=O)N1CCCC(c2ccccc2)CC1. The van der Waals surface area contributed by atoms with Crippen LogP contribution >= 0.6 is 0 Å². The first-order chi connectivity index (χ1) is 9.81. The Morgan fingerprint density at radius 3 is 2.80 bits per heavy atom. The highest BCUT2D eigenvalue weighted by Crippen LogP contribution is 2.28. The van der Waals surface area contributed by atoms with Crippen LogP contribution in [-0.2, 0) is 4.79 Å². The van der Waals surface area contributed by atoms with Gasteiger partial charge in [0.1, 0.15) is 0 Å². The second-order valence-corrected chi connectivity index (χ2v) is 5.63. The minimum absolute atomic E-state index is 0.328. The molecule has 1 aromatic rings. The number of nitrogens with zero attached hydrogens (tertiary/aromatic N) is 1. The zero-order valence-corrected chi connectivity index (χ0v) is 12.5. The third-order valence-corrected chi connectivity index (χ3v) is 4.17. The van der Waals surface area contributed by atoms with Crippen LogP contribution in [-0.4, -0.2) is 37.5 Å². The molecule has 0 radical (unpaired) electrons. The third kappa shape index (κ3) is 4.34. The van der Waals surface area contributed by atoms with Gasteiger partial charge in [0.2, 0.25) is 5.91 Å². The summed E-state index contributed by atoms with van der Waals surface area (Å²) in [6, 6.07) is 10.7. The second kappa shape index (κ2) is 8.05. The van der Waals surface area contributed by atoms with Crippen LogP contribution in [0.2, 0.25) is 0 Å². The Labute approximate surface area is 122 Å². The van der Waals surface area contributed by atoms with Crippen molar-refractivity contribution >= 4 is 5.91 Å². The molecule has 1 aromatic carbocycles. The third-order valence-electron chi connectivity index (χ3n) is 4.17. The lowest BCUT2D eigenvalue weighted by Crippen LogP contribution is -2.32. The maximum Gasteiger partial charge on any atom is 0.222 e. The topological polar surface area (TPSA) is 32.3 Å². The Balaban J connectivity index is 1.84. The van der Waals surface area contributed by atoms with Gasteiger partial charge in [0.15, 0.2) is 0 Å². The van der Waals surface area contributed by atoms with Gasteiger partial charge in [-0.05, 0) is 50.8 Å². The summed E-state index contributed by atoms with van der Waals surface area (Å²) in [4.78, 5) is 14.2. The number of nitrogens with one attached hydrogen (secondary N) is 1. The van der Waals surface area contributed by atoms with E-state index >= 15 is 0 Å². The van der Waals surface area contributed by atoms with E-state index in [1.807, 2.05) is 7.05 Å². The highest BCUT2D eigenvalue weighted by molar-refractivity contribution is 5.76. The fraction of sp³-hybridized carbons (Fsp3) is 0.588. The fourth-order valence-electron chi connectivity index (χ4n) is 2.98. The van der Waals surface area contributed by atoms with Gasteiger partial charge in [0.25, 0.3) is 0 Å². The van der Waals surface area contributed by atoms with Crippen LogP contribution in [0.1, 0.15) is 43.6 Å². The minimum Gasteiger partial charge on any atom is -0.343 e. The molecule has 3 heteroatoms. The van der Waals surface area contributed by atoms with Gasteiger partial charge in [-0.3, -0.25) is 4.79 Å². The van der Waals surface area contributed by atoms with Crippen molar-refractivity contribution in [3.05, 3.63) is 35.9 Å². The predicted octanol–water partition coefficient (Wildman–Crippen LogP) is 2.78. The Morgan fingerprint density at radius 1 is 1.25 bits per heavy atom. The zero-order chi connectivity index (χ0) is 14.2. The van der Waals surface area contributed by atoms with Crippen molar-refractivity contribution < 1.29 is 4.79 Å². The molecule has 0 saturated carbocycles. The Kier molecular flexibility index (Phi) is 6.06. The largest absolute Gasteiger partial charge is 0.343 e. The average molecular weight is 274 g/mol. The molecule has 1 amide bonds. The van der Waals surface area contributed by atoms with Crippen LogP contribution in [0.3, 0.4) is 0 Å². The van der Waals surface area contributed by atoms with Gasteiger partial charge in [0.05, 0.1) is 0 Å². The first-order valence-electron chi connectivity index (χ1n) is 7.78. The van der Waals surface area contributed by atoms with Crippen LogP contribution in [0.25, 0.3) is 0 Å². The molecule has 1 heterocycles. The number of carbonyl (C=O) groups is 1. The lowest BCUT2D eigenvalue weighted by Gasteiger charge is -2.20. The van der Waals surface area contributed by atoms with Crippen molar-refractivity contribution in [2.24, 2.45) is 0 Å². The van der Waals surface area contributed by atoms with Gasteiger partial charge in [-0.1, -0.05) is 30.3 Å². The van der Waals surface area contributed by atoms with E-state index in [0.29, 0.717) is 18.2 Å². The van der Waals surface area contributed by atoms with E-state index in [4.69, 9.17) is 0 Å². The predicted molar refractivity (Wildman–Crippen MR) is 82.8 cm³/mol. The molecule has 0 aliphatic carbocycles. The quantitative estimate of drug-likeness (QED) is 0.837. The molecule has 1 unspecified atom stereocenters. The van der Waals surface area contributed by atoms with Crippen LogP contribution < -0.4 is 5.32 Å². The van der Waals surface area contributed by atoms with Crippen LogP contribution in [0.4, 0.5) is 0 Å². The number of amides is 1. The van der Waals surface area contributed by atoms with Crippen molar-refractivity contribution in [2.75, 3.05) is 26.7 Å². The molecule has 1 atom stereocenters. The van der Waals surface area contributed by atoms with Gasteiger partial charge in [-0.25, -0.2) is 0 Å². The van der Waals surface area contributed by atoms with Crippen molar-refractivity contribution in [2.45, 2.75) is 38.0 Å². The molecule has 3 nitrogen and oxygen atoms in total. The van der Waals surface area contributed by atoms with E-state index in [9.17, 15) is 4.79 Å². The molecule has 1 aliphatic rings. The molecule has 2 rings (SSSR count). The minimum atomic E-state index is 0.328. The lowest BCUT2D eigenvalue weighted by atomic mass is 9.92. The van der Waals surface area contributed by atoms with E-state index in [1.165, 1.54) is 12.0 Å². The Bertz CT molecular complexity index is 405. The normalized spacial score (nSPS) is 19.6. The van der Waals surface area contributed by atoms with Crippen molar-refractivity contribution in [3.8, 4) is 0 Å². The van der Waals surface area contributed by atoms with Crippen LogP contribution in [0.5, 0.6) is 0 Å². The molecule has 0 spiro atoms. The maximum atomic E-state index is 12.2. The average Bonchev–Trinajstić information content (AvgIpc) is 2.74. The highest BCUT2D eigenvalue weighted by Gasteiger charge is 2.21. The molecular weight excluding hydrogens is 248 g/mol. The number of hydrogen-bond donors (Lipinski definition) is 1. The molecule has 1 fully saturated rings. The molecule has 20 heavy (non-hydrogen) atoms. The summed E-state index contributed by atoms with van der Waals surface area (Å²) in [7, 11) is 1.93. The molecule has 0 aromatic heterocycles. The van der Waals surface area contributed by atoms with Gasteiger partial charge in [-0.2, -0.15) is 0 Å². The Hall–Kier alpha value is -1.35. The zero-order valence-electron chi connectivity index (χ0n) is 12.5. The number of benzene rings is 1. The van der Waals surface area contributed by atoms with Gasteiger partial charge in [0, 0.05) is 19.5 Å². The highest BCUT2D eigenvalue weighted by atomic mass is 16.2. The lowest BCUT2D eigenvalue weighted by molar-refractivity contribution is -0.131. The van der Waals surface area contributed by atoms with E-state index < -0.39 is 0 Å². The van der Waals surface area contributed by atoms with E-state index in [2.05, 4.69) is 40.5 Å². The smallest absolute Gasteiger partial charge is 0.222 e. The van der Waals surface area contributed by atoms with E-state index in [0.717, 1.165) is 38.9 Å². The van der Waals surface area contributed by atoms with Crippen molar-refractivity contribution in [3.63, 3.8) is 0 Å². The summed E-state index contributed by atoms with van der Waals surface area (Å²) in [6.45, 7) is 2.77. The van der Waals surface area contributed by atoms with Crippen molar-refractivity contribution in [1.82, 2.24) is 10.2 Å². The number of carbonyl (C=O) groups excluding carboxylic acids is 1. The summed E-state index contributed by atoms with van der Waals surface area (Å²) in [5.74, 6) is 0.945. The van der Waals surface area contributed by atoms with Gasteiger partial charge < -0.3 is 10.2 Å². The van der Waals surface area contributed by atoms with Gasteiger partial charge in [-0.15, -0.1) is 0 Å². The second-order valence-electron chi connectivity index (χ2n) is 5.63. The summed E-state index contributed by atoms with van der Waals surface area (Å²) in [5, 5.41) is 3.10. The molecule has 1 N–H and O–H groups in total. The Morgan fingerprint density at radius 2 is 2.05 bits per heavy atom. The summed E-state index contributed by atoms with van der Waals surface area (Å²) >= 11 is 0. The summed E-state index contributed by atoms with van der Waals surface area (Å²) in [6.07, 6.45) is 5.04.